The van der Waals surface area contributed by atoms with Crippen molar-refractivity contribution in [3.8, 4) is 5.75 Å². The molecular weight excluding hydrogens is 460 g/mol. The number of amides is 2. The highest BCUT2D eigenvalue weighted by Crippen LogP contribution is 2.18. The monoisotopic (exact) mass is 500 g/mol. The van der Waals surface area contributed by atoms with Crippen LogP contribution in [0, 0.1) is 5.92 Å². The first-order valence-corrected chi connectivity index (χ1v) is 13.4. The number of nitrogens with one attached hydrogen (secondary N) is 2. The molecule has 8 heteroatoms. The largest absolute Gasteiger partial charge is 0.494 e. The lowest BCUT2D eigenvalue weighted by Gasteiger charge is -2.23. The van der Waals surface area contributed by atoms with Gasteiger partial charge in [0.2, 0.25) is 5.91 Å². The maximum atomic E-state index is 13.0. The Balaban J connectivity index is 1.45. The van der Waals surface area contributed by atoms with Crippen LogP contribution in [-0.2, 0) is 11.3 Å². The molecule has 0 spiro atoms. The summed E-state index contributed by atoms with van der Waals surface area (Å²) < 4.78 is 5.83. The van der Waals surface area contributed by atoms with Gasteiger partial charge in [0, 0.05) is 32.2 Å². The van der Waals surface area contributed by atoms with E-state index in [0.717, 1.165) is 51.4 Å². The van der Waals surface area contributed by atoms with Gasteiger partial charge >= 0.3 is 0 Å². The second kappa shape index (κ2) is 13.6. The van der Waals surface area contributed by atoms with Gasteiger partial charge in [-0.25, -0.2) is 0 Å². The Bertz CT molecular complexity index is 915. The first kappa shape index (κ1) is 27.2. The van der Waals surface area contributed by atoms with Crippen molar-refractivity contribution in [3.63, 3.8) is 0 Å². The van der Waals surface area contributed by atoms with Crippen LogP contribution < -0.4 is 15.4 Å². The van der Waals surface area contributed by atoms with Crippen molar-refractivity contribution < 1.29 is 14.3 Å². The number of benzene rings is 1. The van der Waals surface area contributed by atoms with E-state index in [2.05, 4.69) is 60.5 Å². The fourth-order valence-corrected chi connectivity index (χ4v) is 4.88. The first-order chi connectivity index (χ1) is 16.8. The van der Waals surface area contributed by atoms with E-state index in [4.69, 9.17) is 4.74 Å². The van der Waals surface area contributed by atoms with Crippen LogP contribution >= 0.6 is 11.3 Å². The summed E-state index contributed by atoms with van der Waals surface area (Å²) >= 11 is 1.38. The zero-order valence-electron chi connectivity index (χ0n) is 21.5. The topological polar surface area (TPSA) is 73.9 Å². The molecule has 2 atom stereocenters. The van der Waals surface area contributed by atoms with Crippen molar-refractivity contribution in [2.45, 2.75) is 51.7 Å². The Labute approximate surface area is 213 Å². The summed E-state index contributed by atoms with van der Waals surface area (Å²) in [5.41, 5.74) is 1.23. The maximum absolute atomic E-state index is 13.0. The van der Waals surface area contributed by atoms with Gasteiger partial charge in [-0.3, -0.25) is 14.5 Å². The third kappa shape index (κ3) is 9.28. The van der Waals surface area contributed by atoms with Crippen LogP contribution in [0.3, 0.4) is 0 Å². The predicted molar refractivity (Wildman–Crippen MR) is 142 cm³/mol. The van der Waals surface area contributed by atoms with E-state index in [1.165, 1.54) is 16.9 Å². The average Bonchev–Trinajstić information content (AvgIpc) is 3.49. The minimum Gasteiger partial charge on any atom is -0.494 e. The van der Waals surface area contributed by atoms with Gasteiger partial charge in [0.05, 0.1) is 11.5 Å². The summed E-state index contributed by atoms with van der Waals surface area (Å²) in [7, 11) is 4.13. The van der Waals surface area contributed by atoms with Crippen molar-refractivity contribution in [1.82, 2.24) is 20.4 Å². The molecule has 35 heavy (non-hydrogen) atoms. The van der Waals surface area contributed by atoms with Gasteiger partial charge in [-0.2, -0.15) is 0 Å². The van der Waals surface area contributed by atoms with E-state index in [1.807, 2.05) is 23.6 Å². The number of ether oxygens (including phenoxy) is 1. The second-order valence-electron chi connectivity index (χ2n) is 10.0. The van der Waals surface area contributed by atoms with Gasteiger partial charge in [-0.05, 0) is 68.4 Å². The molecule has 2 aromatic rings. The van der Waals surface area contributed by atoms with E-state index >= 15 is 0 Å². The van der Waals surface area contributed by atoms with E-state index in [-0.39, 0.29) is 17.9 Å². The Morgan fingerprint density at radius 1 is 1.20 bits per heavy atom. The number of hydrogen-bond acceptors (Lipinski definition) is 6. The molecule has 0 bridgehead atoms. The average molecular weight is 501 g/mol. The smallest absolute Gasteiger partial charge is 0.261 e. The van der Waals surface area contributed by atoms with Crippen molar-refractivity contribution >= 4 is 23.2 Å². The lowest BCUT2D eigenvalue weighted by atomic mass is 10.0. The molecule has 1 aromatic heterocycles. The number of hydrogen-bond donors (Lipinski definition) is 2. The lowest BCUT2D eigenvalue weighted by molar-refractivity contribution is -0.124. The van der Waals surface area contributed by atoms with E-state index in [9.17, 15) is 9.59 Å². The number of nitrogens with zero attached hydrogens (tertiary/aromatic N) is 2. The maximum Gasteiger partial charge on any atom is 0.261 e. The highest BCUT2D eigenvalue weighted by atomic mass is 32.1. The minimum absolute atomic E-state index is 0.0915. The quantitative estimate of drug-likeness (QED) is 0.411. The molecule has 1 aliphatic heterocycles. The number of likely N-dealkylation sites (tertiary alicyclic amines) is 1. The van der Waals surface area contributed by atoms with Crippen LogP contribution in [0.1, 0.15) is 48.3 Å². The summed E-state index contributed by atoms with van der Waals surface area (Å²) in [4.78, 5) is 30.7. The third-order valence-corrected chi connectivity index (χ3v) is 6.91. The van der Waals surface area contributed by atoms with Crippen LogP contribution in [-0.4, -0.2) is 74.0 Å². The van der Waals surface area contributed by atoms with E-state index < -0.39 is 6.04 Å². The SMILES string of the molecule is CC(C)C[C@H](NC(=O)c1cccs1)C(=O)N[C@H]1CCN(Cc2ccc(OCCCN(C)C)cc2)C1. The second-order valence-corrected chi connectivity index (χ2v) is 11.0. The molecule has 3 rings (SSSR count). The van der Waals surface area contributed by atoms with Gasteiger partial charge in [0.15, 0.2) is 0 Å². The highest BCUT2D eigenvalue weighted by Gasteiger charge is 2.28. The van der Waals surface area contributed by atoms with E-state index in [0.29, 0.717) is 17.2 Å². The highest BCUT2D eigenvalue weighted by molar-refractivity contribution is 7.12. The molecule has 0 aliphatic carbocycles. The molecule has 192 valence electrons. The van der Waals surface area contributed by atoms with Crippen LogP contribution in [0.2, 0.25) is 0 Å². The van der Waals surface area contributed by atoms with E-state index in [1.54, 1.807) is 6.07 Å². The first-order valence-electron chi connectivity index (χ1n) is 12.5. The van der Waals surface area contributed by atoms with Crippen LogP contribution in [0.4, 0.5) is 0 Å². The molecule has 1 aromatic carbocycles. The Morgan fingerprint density at radius 3 is 2.63 bits per heavy atom. The third-order valence-electron chi connectivity index (χ3n) is 6.04. The van der Waals surface area contributed by atoms with Gasteiger partial charge in [-0.1, -0.05) is 32.0 Å². The molecule has 2 N–H and O–H groups in total. The molecule has 2 heterocycles. The summed E-state index contributed by atoms with van der Waals surface area (Å²) in [6.07, 6.45) is 2.53. The molecule has 1 saturated heterocycles. The number of rotatable bonds is 13. The Morgan fingerprint density at radius 2 is 1.97 bits per heavy atom. The molecule has 0 unspecified atom stereocenters. The molecule has 1 aliphatic rings. The van der Waals surface area contributed by atoms with Crippen molar-refractivity contribution in [2.75, 3.05) is 40.3 Å². The summed E-state index contributed by atoms with van der Waals surface area (Å²) in [6, 6.07) is 11.5. The van der Waals surface area contributed by atoms with Gasteiger partial charge in [0.1, 0.15) is 11.8 Å². The van der Waals surface area contributed by atoms with Gasteiger partial charge in [-0.15, -0.1) is 11.3 Å². The molecule has 0 radical (unpaired) electrons. The normalized spacial score (nSPS) is 17.0. The fourth-order valence-electron chi connectivity index (χ4n) is 4.26. The van der Waals surface area contributed by atoms with Crippen LogP contribution in [0.15, 0.2) is 41.8 Å². The molecule has 7 nitrogen and oxygen atoms in total. The zero-order valence-corrected chi connectivity index (χ0v) is 22.3. The Kier molecular flexibility index (Phi) is 10.6. The summed E-state index contributed by atoms with van der Waals surface area (Å²) in [5.74, 6) is 0.930. The molecule has 1 fully saturated rings. The number of carbonyl (C=O) groups is 2. The summed E-state index contributed by atoms with van der Waals surface area (Å²) in [5, 5.41) is 7.98. The zero-order chi connectivity index (χ0) is 25.2. The standard InChI is InChI=1S/C27H40N4O3S/c1-20(2)17-24(29-27(33)25-7-5-16-35-25)26(32)28-22-12-14-31(19-22)18-21-8-10-23(11-9-21)34-15-6-13-30(3)4/h5,7-11,16,20,22,24H,6,12-15,17-19H2,1-4H3,(H,28,32)(H,29,33)/t22-,24-/m0/s1. The van der Waals surface area contributed by atoms with Crippen LogP contribution in [0.5, 0.6) is 5.75 Å². The molecular formula is C27H40N4O3S. The predicted octanol–water partition coefficient (Wildman–Crippen LogP) is 3.61. The molecule has 2 amide bonds. The van der Waals surface area contributed by atoms with Crippen molar-refractivity contribution in [3.05, 3.63) is 52.2 Å². The van der Waals surface area contributed by atoms with Crippen molar-refractivity contribution in [2.24, 2.45) is 5.92 Å². The van der Waals surface area contributed by atoms with Crippen LogP contribution in [0.25, 0.3) is 0 Å². The number of carbonyl (C=O) groups excluding carboxylic acids is 2. The minimum atomic E-state index is -0.524. The molecule has 0 saturated carbocycles. The summed E-state index contributed by atoms with van der Waals surface area (Å²) in [6.45, 7) is 8.45. The fraction of sp³-hybridized carbons (Fsp3) is 0.556. The Hall–Kier alpha value is -2.42. The number of thiophene rings is 1. The lowest BCUT2D eigenvalue weighted by Crippen LogP contribution is -2.50. The van der Waals surface area contributed by atoms with Crippen molar-refractivity contribution in [1.29, 1.82) is 0 Å². The van der Waals surface area contributed by atoms with Gasteiger partial charge in [0.25, 0.3) is 5.91 Å². The van der Waals surface area contributed by atoms with Gasteiger partial charge < -0.3 is 20.3 Å².